The number of rotatable bonds is 5. The fourth-order valence-corrected chi connectivity index (χ4v) is 3.35. The maximum Gasteiger partial charge on any atom is 0.0372 e. The van der Waals surface area contributed by atoms with E-state index in [4.69, 9.17) is 0 Å². The Kier molecular flexibility index (Phi) is 5.59. The fourth-order valence-electron chi connectivity index (χ4n) is 3.35. The van der Waals surface area contributed by atoms with E-state index in [2.05, 4.69) is 56.3 Å². The van der Waals surface area contributed by atoms with Gasteiger partial charge in [-0.15, -0.1) is 0 Å². The van der Waals surface area contributed by atoms with Crippen molar-refractivity contribution in [2.24, 2.45) is 17.8 Å². The summed E-state index contributed by atoms with van der Waals surface area (Å²) < 4.78 is 0. The Morgan fingerprint density at radius 2 is 2.10 bits per heavy atom. The van der Waals surface area contributed by atoms with E-state index in [1.54, 1.807) is 0 Å². The molecule has 1 aliphatic rings. The number of nitrogens with zero attached hydrogens (tertiary/aromatic N) is 1. The molecule has 0 aromatic carbocycles. The fraction of sp³-hybridized carbons (Fsp3) is 0.722. The van der Waals surface area contributed by atoms with E-state index in [1.807, 2.05) is 0 Å². The molecule has 2 rings (SSSR count). The van der Waals surface area contributed by atoms with Crippen LogP contribution in [0.15, 0.2) is 18.3 Å². The number of nitrogens with one attached hydrogen (secondary N) is 1. The molecular formula is C18H30N2. The topological polar surface area (TPSA) is 24.9 Å². The summed E-state index contributed by atoms with van der Waals surface area (Å²) in [4.78, 5) is 4.50. The van der Waals surface area contributed by atoms with Crippen molar-refractivity contribution < 1.29 is 0 Å². The summed E-state index contributed by atoms with van der Waals surface area (Å²) in [6, 6.07) is 4.45. The Morgan fingerprint density at radius 3 is 2.75 bits per heavy atom. The molecule has 1 aromatic heterocycles. The Balaban J connectivity index is 2.02. The summed E-state index contributed by atoms with van der Waals surface area (Å²) in [5.74, 6) is 3.04. The number of hydrogen-bond acceptors (Lipinski definition) is 2. The minimum atomic E-state index is 0.687. The normalized spacial score (nSPS) is 26.9. The lowest BCUT2D eigenvalue weighted by atomic mass is 9.72. The first-order valence-corrected chi connectivity index (χ1v) is 8.19. The standard InChI is InChI=1S/C18H30N2/c1-13(2)10-19-11-16-7-5-14(3)9-18(16)17-8-6-15(4)20-12-17/h6,8,12-14,16,18-19H,5,7,9-11H2,1-4H3. The van der Waals surface area contributed by atoms with Crippen LogP contribution in [0.4, 0.5) is 0 Å². The highest BCUT2D eigenvalue weighted by atomic mass is 14.9. The molecule has 3 unspecified atom stereocenters. The summed E-state index contributed by atoms with van der Waals surface area (Å²) in [7, 11) is 0. The van der Waals surface area contributed by atoms with Crippen molar-refractivity contribution in [3.05, 3.63) is 29.6 Å². The monoisotopic (exact) mass is 274 g/mol. The van der Waals surface area contributed by atoms with E-state index in [1.165, 1.54) is 24.8 Å². The summed E-state index contributed by atoms with van der Waals surface area (Å²) in [6.07, 6.45) is 6.15. The molecule has 0 radical (unpaired) electrons. The van der Waals surface area contributed by atoms with E-state index in [-0.39, 0.29) is 0 Å². The number of aromatic nitrogens is 1. The van der Waals surface area contributed by atoms with Crippen molar-refractivity contribution in [2.75, 3.05) is 13.1 Å². The third-order valence-corrected chi connectivity index (χ3v) is 4.58. The maximum atomic E-state index is 4.50. The zero-order valence-corrected chi connectivity index (χ0v) is 13.5. The number of pyridine rings is 1. The van der Waals surface area contributed by atoms with Crippen molar-refractivity contribution in [2.45, 2.75) is 52.9 Å². The van der Waals surface area contributed by atoms with E-state index in [0.29, 0.717) is 5.92 Å². The molecule has 1 N–H and O–H groups in total. The smallest absolute Gasteiger partial charge is 0.0372 e. The first-order valence-electron chi connectivity index (χ1n) is 8.19. The van der Waals surface area contributed by atoms with Crippen LogP contribution in [0.1, 0.15) is 57.2 Å². The highest BCUT2D eigenvalue weighted by Crippen LogP contribution is 2.40. The molecule has 20 heavy (non-hydrogen) atoms. The van der Waals surface area contributed by atoms with Gasteiger partial charge in [0.25, 0.3) is 0 Å². The molecule has 1 aliphatic carbocycles. The molecule has 0 saturated heterocycles. The summed E-state index contributed by atoms with van der Waals surface area (Å²) >= 11 is 0. The van der Waals surface area contributed by atoms with Crippen LogP contribution in [0.2, 0.25) is 0 Å². The van der Waals surface area contributed by atoms with Gasteiger partial charge in [-0.05, 0) is 68.2 Å². The van der Waals surface area contributed by atoms with Crippen LogP contribution in [0.5, 0.6) is 0 Å². The van der Waals surface area contributed by atoms with E-state index in [9.17, 15) is 0 Å². The molecule has 0 spiro atoms. The predicted molar refractivity (Wildman–Crippen MR) is 85.9 cm³/mol. The molecular weight excluding hydrogens is 244 g/mol. The third-order valence-electron chi connectivity index (χ3n) is 4.58. The van der Waals surface area contributed by atoms with Gasteiger partial charge in [-0.1, -0.05) is 33.3 Å². The Hall–Kier alpha value is -0.890. The van der Waals surface area contributed by atoms with Crippen LogP contribution >= 0.6 is 0 Å². The van der Waals surface area contributed by atoms with Gasteiger partial charge in [0, 0.05) is 11.9 Å². The summed E-state index contributed by atoms with van der Waals surface area (Å²) in [5.41, 5.74) is 2.56. The van der Waals surface area contributed by atoms with Crippen molar-refractivity contribution in [1.29, 1.82) is 0 Å². The van der Waals surface area contributed by atoms with Gasteiger partial charge in [0.15, 0.2) is 0 Å². The minimum absolute atomic E-state index is 0.687. The number of hydrogen-bond donors (Lipinski definition) is 1. The third kappa shape index (κ3) is 4.31. The van der Waals surface area contributed by atoms with Crippen LogP contribution in [-0.4, -0.2) is 18.1 Å². The molecule has 0 aliphatic heterocycles. The Labute approximate surface area is 124 Å². The second-order valence-electron chi connectivity index (χ2n) is 7.07. The SMILES string of the molecule is Cc1ccc(C2CC(C)CCC2CNCC(C)C)cn1. The van der Waals surface area contributed by atoms with Gasteiger partial charge in [-0.2, -0.15) is 0 Å². The molecule has 1 heterocycles. The lowest BCUT2D eigenvalue weighted by Crippen LogP contribution is -2.33. The molecule has 2 heteroatoms. The highest BCUT2D eigenvalue weighted by Gasteiger charge is 2.29. The second kappa shape index (κ2) is 7.21. The average molecular weight is 274 g/mol. The lowest BCUT2D eigenvalue weighted by molar-refractivity contribution is 0.239. The maximum absolute atomic E-state index is 4.50. The molecule has 0 bridgehead atoms. The largest absolute Gasteiger partial charge is 0.316 e. The van der Waals surface area contributed by atoms with E-state index < -0.39 is 0 Å². The zero-order valence-electron chi connectivity index (χ0n) is 13.5. The van der Waals surface area contributed by atoms with Crippen molar-refractivity contribution in [1.82, 2.24) is 10.3 Å². The molecule has 1 aromatic rings. The molecule has 1 saturated carbocycles. The minimum Gasteiger partial charge on any atom is -0.316 e. The van der Waals surface area contributed by atoms with Gasteiger partial charge in [-0.25, -0.2) is 0 Å². The van der Waals surface area contributed by atoms with Crippen LogP contribution in [0.3, 0.4) is 0 Å². The predicted octanol–water partition coefficient (Wildman–Crippen LogP) is 4.16. The molecule has 112 valence electrons. The molecule has 1 fully saturated rings. The van der Waals surface area contributed by atoms with Crippen molar-refractivity contribution in [3.8, 4) is 0 Å². The van der Waals surface area contributed by atoms with Gasteiger partial charge in [-0.3, -0.25) is 4.98 Å². The van der Waals surface area contributed by atoms with Crippen LogP contribution in [-0.2, 0) is 0 Å². The van der Waals surface area contributed by atoms with Gasteiger partial charge in [0.1, 0.15) is 0 Å². The summed E-state index contributed by atoms with van der Waals surface area (Å²) in [5, 5.41) is 3.66. The van der Waals surface area contributed by atoms with Crippen molar-refractivity contribution in [3.63, 3.8) is 0 Å². The van der Waals surface area contributed by atoms with Gasteiger partial charge < -0.3 is 5.32 Å². The highest BCUT2D eigenvalue weighted by molar-refractivity contribution is 5.19. The van der Waals surface area contributed by atoms with Crippen LogP contribution in [0, 0.1) is 24.7 Å². The average Bonchev–Trinajstić information content (AvgIpc) is 2.41. The zero-order chi connectivity index (χ0) is 14.5. The van der Waals surface area contributed by atoms with Gasteiger partial charge in [0.2, 0.25) is 0 Å². The van der Waals surface area contributed by atoms with Gasteiger partial charge in [0.05, 0.1) is 0 Å². The quantitative estimate of drug-likeness (QED) is 0.872. The first-order chi connectivity index (χ1) is 9.56. The lowest BCUT2D eigenvalue weighted by Gasteiger charge is -2.35. The van der Waals surface area contributed by atoms with Crippen LogP contribution < -0.4 is 5.32 Å². The van der Waals surface area contributed by atoms with E-state index >= 15 is 0 Å². The second-order valence-corrected chi connectivity index (χ2v) is 7.07. The molecule has 2 nitrogen and oxygen atoms in total. The van der Waals surface area contributed by atoms with Gasteiger partial charge >= 0.3 is 0 Å². The van der Waals surface area contributed by atoms with E-state index in [0.717, 1.165) is 36.5 Å². The Bertz CT molecular complexity index is 396. The summed E-state index contributed by atoms with van der Waals surface area (Å²) in [6.45, 7) is 11.3. The first kappa shape index (κ1) is 15.5. The molecule has 3 atom stereocenters. The number of aryl methyl sites for hydroxylation is 1. The molecule has 0 amide bonds. The Morgan fingerprint density at radius 1 is 1.30 bits per heavy atom. The van der Waals surface area contributed by atoms with Crippen LogP contribution in [0.25, 0.3) is 0 Å². The van der Waals surface area contributed by atoms with Crippen molar-refractivity contribution >= 4 is 0 Å².